The van der Waals surface area contributed by atoms with Gasteiger partial charge in [0.1, 0.15) is 0 Å². The first-order chi connectivity index (χ1) is 6.43. The van der Waals surface area contributed by atoms with Gasteiger partial charge in [-0.05, 0) is 0 Å². The first-order valence-corrected chi connectivity index (χ1v) is 5.03. The van der Waals surface area contributed by atoms with E-state index in [-0.39, 0.29) is 0 Å². The summed E-state index contributed by atoms with van der Waals surface area (Å²) in [6.07, 6.45) is 0. The van der Waals surface area contributed by atoms with Crippen LogP contribution in [0, 0.1) is 0 Å². The van der Waals surface area contributed by atoms with Gasteiger partial charge >= 0.3 is 0 Å². The van der Waals surface area contributed by atoms with Crippen LogP contribution in [-0.4, -0.2) is 57.4 Å². The molecule has 0 spiro atoms. The Morgan fingerprint density at radius 3 is 2.23 bits per heavy atom. The predicted molar refractivity (Wildman–Crippen MR) is 54.4 cm³/mol. The molecule has 1 saturated heterocycles. The minimum atomic E-state index is 0.692. The number of nitrogens with one attached hydrogen (secondary N) is 3. The van der Waals surface area contributed by atoms with Crippen molar-refractivity contribution in [1.82, 2.24) is 21.1 Å². The summed E-state index contributed by atoms with van der Waals surface area (Å²) in [7, 11) is 0. The smallest absolute Gasteiger partial charge is 0.0256 e. The lowest BCUT2D eigenvalue weighted by atomic mass is 10.5. The van der Waals surface area contributed by atoms with Crippen LogP contribution >= 0.6 is 0 Å². The molecular formula is C8H21N5. The highest BCUT2D eigenvalue weighted by Gasteiger charge is 2.04. The van der Waals surface area contributed by atoms with E-state index < -0.39 is 0 Å². The minimum absolute atomic E-state index is 0.692. The fourth-order valence-corrected chi connectivity index (χ4v) is 1.35. The van der Waals surface area contributed by atoms with Crippen molar-refractivity contribution in [3.05, 3.63) is 0 Å². The lowest BCUT2D eigenvalue weighted by Gasteiger charge is -2.22. The first-order valence-electron chi connectivity index (χ1n) is 5.03. The van der Waals surface area contributed by atoms with Crippen LogP contribution < -0.4 is 21.8 Å². The molecule has 1 rings (SSSR count). The average Bonchev–Trinajstić information content (AvgIpc) is 2.28. The monoisotopic (exact) mass is 187 g/mol. The van der Waals surface area contributed by atoms with Gasteiger partial charge < -0.3 is 16.4 Å². The molecule has 0 aromatic heterocycles. The Kier molecular flexibility index (Phi) is 6.05. The molecule has 0 bridgehead atoms. The van der Waals surface area contributed by atoms with Crippen molar-refractivity contribution in [2.75, 3.05) is 52.4 Å². The summed E-state index contributed by atoms with van der Waals surface area (Å²) in [4.78, 5) is 0. The van der Waals surface area contributed by atoms with Gasteiger partial charge in [-0.2, -0.15) is 0 Å². The van der Waals surface area contributed by atoms with Crippen LogP contribution in [0.25, 0.3) is 0 Å². The second-order valence-corrected chi connectivity index (χ2v) is 3.18. The second kappa shape index (κ2) is 7.23. The van der Waals surface area contributed by atoms with Crippen LogP contribution in [-0.2, 0) is 0 Å². The second-order valence-electron chi connectivity index (χ2n) is 3.18. The van der Waals surface area contributed by atoms with Gasteiger partial charge in [0.05, 0.1) is 0 Å². The van der Waals surface area contributed by atoms with Gasteiger partial charge in [-0.25, -0.2) is 5.01 Å². The summed E-state index contributed by atoms with van der Waals surface area (Å²) >= 11 is 0. The topological polar surface area (TPSA) is 65.3 Å². The van der Waals surface area contributed by atoms with E-state index in [1.54, 1.807) is 0 Å². The number of hydrazine groups is 1. The standard InChI is InChI=1S/C8H21N5/c9-1-2-12-13-7-5-10-3-4-11-6-8-13/h10-12H,1-9H2. The third kappa shape index (κ3) is 5.17. The number of nitrogens with two attached hydrogens (primary N) is 1. The van der Waals surface area contributed by atoms with Crippen molar-refractivity contribution in [1.29, 1.82) is 0 Å². The van der Waals surface area contributed by atoms with E-state index in [9.17, 15) is 0 Å². The Hall–Kier alpha value is -0.200. The van der Waals surface area contributed by atoms with Crippen LogP contribution in [0.4, 0.5) is 0 Å². The maximum atomic E-state index is 5.43. The third-order valence-electron chi connectivity index (χ3n) is 2.08. The van der Waals surface area contributed by atoms with Crippen molar-refractivity contribution in [3.63, 3.8) is 0 Å². The fourth-order valence-electron chi connectivity index (χ4n) is 1.35. The molecule has 0 aromatic carbocycles. The highest BCUT2D eigenvalue weighted by molar-refractivity contribution is 4.62. The average molecular weight is 187 g/mol. The Morgan fingerprint density at radius 2 is 1.69 bits per heavy atom. The van der Waals surface area contributed by atoms with Crippen molar-refractivity contribution in [2.45, 2.75) is 0 Å². The maximum absolute atomic E-state index is 5.43. The van der Waals surface area contributed by atoms with Crippen LogP contribution in [0.15, 0.2) is 0 Å². The van der Waals surface area contributed by atoms with Crippen LogP contribution in [0.3, 0.4) is 0 Å². The molecule has 0 unspecified atom stereocenters. The summed E-state index contributed by atoms with van der Waals surface area (Å²) in [6.45, 7) is 7.84. The van der Waals surface area contributed by atoms with Crippen LogP contribution in [0.5, 0.6) is 0 Å². The van der Waals surface area contributed by atoms with Gasteiger partial charge in [0, 0.05) is 52.4 Å². The van der Waals surface area contributed by atoms with E-state index >= 15 is 0 Å². The Balaban J connectivity index is 2.16. The molecule has 78 valence electrons. The summed E-state index contributed by atoms with van der Waals surface area (Å²) in [5, 5.41) is 8.94. The molecule has 0 atom stereocenters. The minimum Gasteiger partial charge on any atom is -0.329 e. The number of hydrogen-bond donors (Lipinski definition) is 4. The van der Waals surface area contributed by atoms with Gasteiger partial charge in [-0.3, -0.25) is 5.43 Å². The first kappa shape index (κ1) is 10.9. The Labute approximate surface area is 80.0 Å². The zero-order valence-electron chi connectivity index (χ0n) is 8.18. The predicted octanol–water partition coefficient (Wildman–Crippen LogP) is -2.06. The normalized spacial score (nSPS) is 21.9. The van der Waals surface area contributed by atoms with E-state index in [0.717, 1.165) is 45.8 Å². The van der Waals surface area contributed by atoms with Crippen molar-refractivity contribution in [2.24, 2.45) is 5.73 Å². The third-order valence-corrected chi connectivity index (χ3v) is 2.08. The van der Waals surface area contributed by atoms with Gasteiger partial charge in [-0.1, -0.05) is 0 Å². The largest absolute Gasteiger partial charge is 0.329 e. The lowest BCUT2D eigenvalue weighted by molar-refractivity contribution is 0.196. The zero-order valence-corrected chi connectivity index (χ0v) is 8.18. The fraction of sp³-hybridized carbons (Fsp3) is 1.00. The molecule has 1 aliphatic rings. The highest BCUT2D eigenvalue weighted by Crippen LogP contribution is 1.81. The van der Waals surface area contributed by atoms with Crippen molar-refractivity contribution < 1.29 is 0 Å². The van der Waals surface area contributed by atoms with Crippen molar-refractivity contribution in [3.8, 4) is 0 Å². The molecular weight excluding hydrogens is 166 g/mol. The molecule has 5 N–H and O–H groups in total. The van der Waals surface area contributed by atoms with E-state index in [2.05, 4.69) is 21.1 Å². The molecule has 0 radical (unpaired) electrons. The summed E-state index contributed by atoms with van der Waals surface area (Å²) < 4.78 is 0. The van der Waals surface area contributed by atoms with E-state index in [1.807, 2.05) is 0 Å². The van der Waals surface area contributed by atoms with E-state index in [0.29, 0.717) is 6.54 Å². The van der Waals surface area contributed by atoms with Gasteiger partial charge in [0.25, 0.3) is 0 Å². The van der Waals surface area contributed by atoms with Gasteiger partial charge in [0.2, 0.25) is 0 Å². The summed E-state index contributed by atoms with van der Waals surface area (Å²) in [5.41, 5.74) is 8.72. The van der Waals surface area contributed by atoms with Gasteiger partial charge in [0.15, 0.2) is 0 Å². The molecule has 1 fully saturated rings. The molecule has 1 heterocycles. The number of rotatable bonds is 3. The molecule has 0 aliphatic carbocycles. The SMILES string of the molecule is NCCNN1CCNCCNCC1. The maximum Gasteiger partial charge on any atom is 0.0256 e. The highest BCUT2D eigenvalue weighted by atomic mass is 15.5. The molecule has 5 heteroatoms. The molecule has 0 saturated carbocycles. The Morgan fingerprint density at radius 1 is 1.08 bits per heavy atom. The van der Waals surface area contributed by atoms with E-state index in [1.165, 1.54) is 0 Å². The lowest BCUT2D eigenvalue weighted by Crippen LogP contribution is -2.45. The molecule has 1 aliphatic heterocycles. The summed E-state index contributed by atoms with van der Waals surface area (Å²) in [5.74, 6) is 0. The quantitative estimate of drug-likeness (QED) is 0.409. The van der Waals surface area contributed by atoms with E-state index in [4.69, 9.17) is 5.73 Å². The zero-order chi connectivity index (χ0) is 9.36. The van der Waals surface area contributed by atoms with Gasteiger partial charge in [-0.15, -0.1) is 0 Å². The molecule has 0 amide bonds. The molecule has 0 aromatic rings. The van der Waals surface area contributed by atoms with Crippen LogP contribution in [0.2, 0.25) is 0 Å². The number of nitrogens with zero attached hydrogens (tertiary/aromatic N) is 1. The van der Waals surface area contributed by atoms with Crippen LogP contribution in [0.1, 0.15) is 0 Å². The molecule has 13 heavy (non-hydrogen) atoms. The molecule has 5 nitrogen and oxygen atoms in total. The summed E-state index contributed by atoms with van der Waals surface area (Å²) in [6, 6.07) is 0. The number of hydrogen-bond acceptors (Lipinski definition) is 5. The Bertz CT molecular complexity index is 109. The van der Waals surface area contributed by atoms with Crippen molar-refractivity contribution >= 4 is 0 Å².